The first-order valence-electron chi connectivity index (χ1n) is 12.2. The van der Waals surface area contributed by atoms with E-state index in [9.17, 15) is 31.5 Å². The van der Waals surface area contributed by atoms with Gasteiger partial charge in [0.2, 0.25) is 12.2 Å². The predicted molar refractivity (Wildman–Crippen MR) is 146 cm³/mol. The lowest BCUT2D eigenvalue weighted by Crippen LogP contribution is -2.46. The smallest absolute Gasteiger partial charge is 0.417 e. The van der Waals surface area contributed by atoms with Crippen molar-refractivity contribution in [2.24, 2.45) is 17.4 Å². The summed E-state index contributed by atoms with van der Waals surface area (Å²) in [6, 6.07) is 5.41. The number of aldehydes is 1. The number of halogens is 5. The Kier molecular flexibility index (Phi) is 16.3. The number of nitrogens with zero attached hydrogens (tertiary/aromatic N) is 1. The van der Waals surface area contributed by atoms with E-state index in [1.54, 1.807) is 19.2 Å². The Hall–Kier alpha value is -3.69. The molecule has 1 aromatic carbocycles. The molecule has 2 unspecified atom stereocenters. The van der Waals surface area contributed by atoms with Gasteiger partial charge < -0.3 is 41.8 Å². The number of benzene rings is 1. The van der Waals surface area contributed by atoms with Crippen molar-refractivity contribution < 1.29 is 41.0 Å². The summed E-state index contributed by atoms with van der Waals surface area (Å²) in [5.41, 5.74) is 8.37. The van der Waals surface area contributed by atoms with Gasteiger partial charge in [0.15, 0.2) is 17.2 Å². The average Bonchev–Trinajstić information content (AvgIpc) is 3.27. The Morgan fingerprint density at radius 2 is 1.88 bits per heavy atom. The maximum Gasteiger partial charge on any atom is 0.417 e. The van der Waals surface area contributed by atoms with Crippen molar-refractivity contribution in [1.82, 2.24) is 4.98 Å². The molecule has 10 nitrogen and oxygen atoms in total. The minimum Gasteiger partial charge on any atom is -0.493 e. The van der Waals surface area contributed by atoms with Crippen LogP contribution in [0.3, 0.4) is 0 Å². The maximum atomic E-state index is 13.7. The van der Waals surface area contributed by atoms with Crippen LogP contribution >= 0.6 is 0 Å². The SMILES string of the molecule is CN.CNc1cc(NC=O)cc(C=N)n1.COc1c(C2CO[C@@](C)(C(F)(F)F)C2C)ccc(F)c1F.NCCC=O. The van der Waals surface area contributed by atoms with Crippen LogP contribution < -0.4 is 26.8 Å². The van der Waals surface area contributed by atoms with Gasteiger partial charge in [0.1, 0.15) is 12.1 Å². The van der Waals surface area contributed by atoms with E-state index in [0.717, 1.165) is 32.6 Å². The molecule has 230 valence electrons. The van der Waals surface area contributed by atoms with E-state index in [0.29, 0.717) is 36.6 Å². The molecule has 3 rings (SSSR count). The summed E-state index contributed by atoms with van der Waals surface area (Å²) in [5, 5.41) is 12.3. The zero-order valence-corrected chi connectivity index (χ0v) is 23.4. The Morgan fingerprint density at radius 1 is 1.24 bits per heavy atom. The van der Waals surface area contributed by atoms with E-state index < -0.39 is 35.2 Å². The van der Waals surface area contributed by atoms with Crippen molar-refractivity contribution in [3.05, 3.63) is 47.2 Å². The predicted octanol–water partition coefficient (Wildman–Crippen LogP) is 3.84. The first kappa shape index (κ1) is 37.3. The first-order valence-corrected chi connectivity index (χ1v) is 12.2. The quantitative estimate of drug-likeness (QED) is 0.175. The summed E-state index contributed by atoms with van der Waals surface area (Å²) in [6.45, 7) is 2.58. The normalized spacial score (nSPS) is 19.1. The van der Waals surface area contributed by atoms with Gasteiger partial charge in [0.25, 0.3) is 0 Å². The van der Waals surface area contributed by atoms with Crippen LogP contribution in [0.5, 0.6) is 5.75 Å². The highest BCUT2D eigenvalue weighted by Crippen LogP contribution is 2.51. The number of rotatable bonds is 8. The zero-order chi connectivity index (χ0) is 31.8. The van der Waals surface area contributed by atoms with Gasteiger partial charge in [-0.15, -0.1) is 0 Å². The fourth-order valence-electron chi connectivity index (χ4n) is 3.64. The third-order valence-electron chi connectivity index (χ3n) is 6.04. The van der Waals surface area contributed by atoms with Crippen LogP contribution in [0, 0.1) is 23.0 Å². The van der Waals surface area contributed by atoms with E-state index in [1.807, 2.05) is 0 Å². The molecule has 1 amide bonds. The van der Waals surface area contributed by atoms with E-state index in [2.05, 4.69) is 21.4 Å². The number of alkyl halides is 3. The van der Waals surface area contributed by atoms with Crippen LogP contribution in [0.2, 0.25) is 0 Å². The minimum absolute atomic E-state index is 0.178. The number of carbonyl (C=O) groups excluding carboxylic acids is 2. The molecule has 7 N–H and O–H groups in total. The molecule has 1 aliphatic heterocycles. The Balaban J connectivity index is 0.000000680. The number of hydrogen-bond acceptors (Lipinski definition) is 9. The summed E-state index contributed by atoms with van der Waals surface area (Å²) in [4.78, 5) is 23.5. The lowest BCUT2D eigenvalue weighted by atomic mass is 9.79. The van der Waals surface area contributed by atoms with Gasteiger partial charge in [-0.2, -0.15) is 17.6 Å². The van der Waals surface area contributed by atoms with Crippen molar-refractivity contribution in [2.45, 2.75) is 38.0 Å². The number of anilines is 2. The zero-order valence-electron chi connectivity index (χ0n) is 23.4. The van der Waals surface area contributed by atoms with Gasteiger partial charge in [-0.1, -0.05) is 13.0 Å². The molecular weight excluding hydrogens is 555 g/mol. The average molecular weight is 593 g/mol. The van der Waals surface area contributed by atoms with Crippen molar-refractivity contribution in [3.8, 4) is 5.75 Å². The highest BCUT2D eigenvalue weighted by atomic mass is 19.4. The molecule has 0 spiro atoms. The molecule has 1 aromatic heterocycles. The van der Waals surface area contributed by atoms with E-state index in [4.69, 9.17) is 20.6 Å². The molecule has 0 radical (unpaired) electrons. The second-order valence-corrected chi connectivity index (χ2v) is 8.36. The highest BCUT2D eigenvalue weighted by molar-refractivity contribution is 5.80. The lowest BCUT2D eigenvalue weighted by Gasteiger charge is -2.32. The number of amides is 1. The van der Waals surface area contributed by atoms with Crippen LogP contribution in [0.4, 0.5) is 33.5 Å². The second-order valence-electron chi connectivity index (χ2n) is 8.36. The minimum atomic E-state index is -4.55. The van der Waals surface area contributed by atoms with Crippen LogP contribution in [0.1, 0.15) is 37.4 Å². The van der Waals surface area contributed by atoms with Gasteiger partial charge in [-0.25, -0.2) is 9.37 Å². The Labute approximate surface area is 235 Å². The highest BCUT2D eigenvalue weighted by Gasteiger charge is 2.61. The topological polar surface area (TPSA) is 165 Å². The van der Waals surface area contributed by atoms with E-state index in [-0.39, 0.29) is 17.9 Å². The van der Waals surface area contributed by atoms with Crippen molar-refractivity contribution in [2.75, 3.05) is 45.0 Å². The number of ether oxygens (including phenoxy) is 2. The second kappa shape index (κ2) is 17.9. The third kappa shape index (κ3) is 10.0. The molecule has 0 aliphatic carbocycles. The van der Waals surface area contributed by atoms with Gasteiger partial charge >= 0.3 is 6.18 Å². The largest absolute Gasteiger partial charge is 0.493 e. The molecule has 2 heterocycles. The van der Waals surface area contributed by atoms with E-state index in [1.165, 1.54) is 20.0 Å². The number of nitrogens with two attached hydrogens (primary N) is 2. The number of nitrogens with one attached hydrogen (secondary N) is 3. The van der Waals surface area contributed by atoms with Crippen LogP contribution in [-0.4, -0.2) is 70.0 Å². The summed E-state index contributed by atoms with van der Waals surface area (Å²) < 4.78 is 76.0. The number of aromatic nitrogens is 1. The van der Waals surface area contributed by atoms with Crippen molar-refractivity contribution >= 4 is 30.4 Å². The number of carbonyl (C=O) groups is 2. The lowest BCUT2D eigenvalue weighted by molar-refractivity contribution is -0.266. The van der Waals surface area contributed by atoms with Crippen LogP contribution in [0.25, 0.3) is 0 Å². The van der Waals surface area contributed by atoms with E-state index >= 15 is 0 Å². The molecule has 2 aromatic rings. The monoisotopic (exact) mass is 592 g/mol. The summed E-state index contributed by atoms with van der Waals surface area (Å²) in [5.74, 6) is -3.77. The third-order valence-corrected chi connectivity index (χ3v) is 6.04. The van der Waals surface area contributed by atoms with Gasteiger partial charge in [-0.05, 0) is 32.6 Å². The molecule has 0 saturated carbocycles. The number of hydrogen-bond donors (Lipinski definition) is 5. The molecular formula is C26H37F5N6O4. The molecule has 1 saturated heterocycles. The van der Waals surface area contributed by atoms with Crippen molar-refractivity contribution in [3.63, 3.8) is 0 Å². The van der Waals surface area contributed by atoms with Gasteiger partial charge in [-0.3, -0.25) is 4.79 Å². The maximum absolute atomic E-state index is 13.7. The van der Waals surface area contributed by atoms with Crippen LogP contribution in [0.15, 0.2) is 24.3 Å². The molecule has 1 aliphatic rings. The Morgan fingerprint density at radius 3 is 2.29 bits per heavy atom. The van der Waals surface area contributed by atoms with Gasteiger partial charge in [0, 0.05) is 48.8 Å². The molecule has 3 atom stereocenters. The summed E-state index contributed by atoms with van der Waals surface area (Å²) >= 11 is 0. The molecule has 0 bridgehead atoms. The molecule has 1 fully saturated rings. The fraction of sp³-hybridized carbons (Fsp3) is 0.462. The fourth-order valence-corrected chi connectivity index (χ4v) is 3.64. The molecule has 41 heavy (non-hydrogen) atoms. The first-order chi connectivity index (χ1) is 19.3. The Bertz CT molecular complexity index is 1120. The molecule has 15 heteroatoms. The number of pyridine rings is 1. The van der Waals surface area contributed by atoms with Crippen molar-refractivity contribution in [1.29, 1.82) is 5.41 Å². The van der Waals surface area contributed by atoms with Gasteiger partial charge in [0.05, 0.1) is 19.4 Å². The number of methoxy groups -OCH3 is 1. The summed E-state index contributed by atoms with van der Waals surface area (Å²) in [6.07, 6.45) is -1.55. The summed E-state index contributed by atoms with van der Waals surface area (Å²) in [7, 11) is 4.37. The standard InChI is InChI=1S/C14H15F5O2.C8H10N4O.C3H7NO.CH5N/c1-7-9(6-21-13(7,2)14(17,18)19)8-4-5-10(15)11(16)12(8)20-3;1-10-8-3-6(11-5-13)2-7(4-9)12-8;4-2-1-3-5;1-2/h4-5,7,9H,6H2,1-3H3;2-5,9H,1H3,(H2,10,11,12,13);3H,1-2,4H2;2H2,1H3/t7?,9?,13-;;;/m1.../s1. The van der Waals surface area contributed by atoms with Crippen LogP contribution in [-0.2, 0) is 14.3 Å².